The molecule has 1 unspecified atom stereocenters. The highest BCUT2D eigenvalue weighted by Gasteiger charge is 2.17. The molecule has 0 radical (unpaired) electrons. The van der Waals surface area contributed by atoms with E-state index in [1.165, 1.54) is 0 Å². The van der Waals surface area contributed by atoms with Crippen molar-refractivity contribution in [1.29, 1.82) is 0 Å². The largest absolute Gasteiger partial charge is 0.399 e. The SMILES string of the molecule is CCC(NCc1ccc(Cl)cc1)C(=O)c1ccc(N)cc1. The van der Waals surface area contributed by atoms with Gasteiger partial charge in [0.05, 0.1) is 6.04 Å². The molecule has 0 amide bonds. The van der Waals surface area contributed by atoms with Gasteiger partial charge in [-0.05, 0) is 48.4 Å². The molecule has 2 aromatic carbocycles. The third kappa shape index (κ3) is 4.31. The summed E-state index contributed by atoms with van der Waals surface area (Å²) in [5, 5.41) is 4.01. The predicted octanol–water partition coefficient (Wildman–Crippen LogP) is 3.67. The first kappa shape index (κ1) is 15.5. The lowest BCUT2D eigenvalue weighted by Gasteiger charge is -2.16. The molecular formula is C17H19ClN2O. The van der Waals surface area contributed by atoms with Crippen LogP contribution in [-0.4, -0.2) is 11.8 Å². The van der Waals surface area contributed by atoms with Gasteiger partial charge in [0.2, 0.25) is 0 Å². The van der Waals surface area contributed by atoms with Gasteiger partial charge in [0.25, 0.3) is 0 Å². The van der Waals surface area contributed by atoms with Crippen LogP contribution in [0.3, 0.4) is 0 Å². The predicted molar refractivity (Wildman–Crippen MR) is 87.6 cm³/mol. The van der Waals surface area contributed by atoms with Crippen LogP contribution in [0.4, 0.5) is 5.69 Å². The summed E-state index contributed by atoms with van der Waals surface area (Å²) in [5.41, 5.74) is 8.09. The van der Waals surface area contributed by atoms with Crippen LogP contribution in [0.15, 0.2) is 48.5 Å². The van der Waals surface area contributed by atoms with Crippen LogP contribution in [0.25, 0.3) is 0 Å². The molecule has 0 aliphatic rings. The molecule has 0 saturated heterocycles. The van der Waals surface area contributed by atoms with Crippen LogP contribution in [0.2, 0.25) is 5.02 Å². The molecule has 21 heavy (non-hydrogen) atoms. The van der Waals surface area contributed by atoms with E-state index >= 15 is 0 Å². The minimum atomic E-state index is -0.204. The molecule has 0 bridgehead atoms. The van der Waals surface area contributed by atoms with E-state index in [0.717, 1.165) is 12.0 Å². The Labute approximate surface area is 130 Å². The first-order valence-corrected chi connectivity index (χ1v) is 7.35. The first-order chi connectivity index (χ1) is 10.1. The zero-order valence-electron chi connectivity index (χ0n) is 12.0. The lowest BCUT2D eigenvalue weighted by Crippen LogP contribution is -2.35. The van der Waals surface area contributed by atoms with Crippen molar-refractivity contribution in [2.75, 3.05) is 5.73 Å². The highest BCUT2D eigenvalue weighted by atomic mass is 35.5. The van der Waals surface area contributed by atoms with Gasteiger partial charge in [-0.25, -0.2) is 0 Å². The van der Waals surface area contributed by atoms with E-state index in [1.54, 1.807) is 24.3 Å². The molecule has 1 atom stereocenters. The van der Waals surface area contributed by atoms with E-state index < -0.39 is 0 Å². The monoisotopic (exact) mass is 302 g/mol. The maximum atomic E-state index is 12.4. The van der Waals surface area contributed by atoms with Crippen molar-refractivity contribution in [3.8, 4) is 0 Å². The van der Waals surface area contributed by atoms with Crippen LogP contribution in [0.1, 0.15) is 29.3 Å². The summed E-state index contributed by atoms with van der Waals surface area (Å²) in [5.74, 6) is 0.0893. The van der Waals surface area contributed by atoms with Crippen molar-refractivity contribution >= 4 is 23.1 Å². The number of hydrogen-bond donors (Lipinski definition) is 2. The standard InChI is InChI=1S/C17H19ClN2O/c1-2-16(17(21)13-5-9-15(19)10-6-13)20-11-12-3-7-14(18)8-4-12/h3-10,16,20H,2,11,19H2,1H3. The number of nitrogens with two attached hydrogens (primary N) is 1. The fourth-order valence-corrected chi connectivity index (χ4v) is 2.24. The molecule has 0 spiro atoms. The molecule has 0 aliphatic heterocycles. The van der Waals surface area contributed by atoms with Gasteiger partial charge in [0, 0.05) is 22.8 Å². The first-order valence-electron chi connectivity index (χ1n) is 6.97. The number of rotatable bonds is 6. The van der Waals surface area contributed by atoms with E-state index in [-0.39, 0.29) is 11.8 Å². The molecule has 3 nitrogen and oxygen atoms in total. The Morgan fingerprint density at radius 3 is 2.33 bits per heavy atom. The van der Waals surface area contributed by atoms with Crippen LogP contribution in [0, 0.1) is 0 Å². The Morgan fingerprint density at radius 1 is 1.14 bits per heavy atom. The highest BCUT2D eigenvalue weighted by Crippen LogP contribution is 2.12. The minimum Gasteiger partial charge on any atom is -0.399 e. The average Bonchev–Trinajstić information content (AvgIpc) is 2.50. The Morgan fingerprint density at radius 2 is 1.76 bits per heavy atom. The molecule has 3 N–H and O–H groups in total. The Bertz CT molecular complexity index is 593. The van der Waals surface area contributed by atoms with Crippen molar-refractivity contribution in [3.63, 3.8) is 0 Å². The van der Waals surface area contributed by atoms with Gasteiger partial charge in [0.1, 0.15) is 0 Å². The topological polar surface area (TPSA) is 55.1 Å². The van der Waals surface area contributed by atoms with Crippen LogP contribution >= 0.6 is 11.6 Å². The molecule has 0 aliphatic carbocycles. The van der Waals surface area contributed by atoms with Crippen LogP contribution < -0.4 is 11.1 Å². The molecule has 0 heterocycles. The second-order valence-electron chi connectivity index (χ2n) is 4.95. The average molecular weight is 303 g/mol. The molecule has 0 fully saturated rings. The summed E-state index contributed by atoms with van der Waals surface area (Å²) >= 11 is 5.86. The van der Waals surface area contributed by atoms with Gasteiger partial charge < -0.3 is 11.1 Å². The second kappa shape index (κ2) is 7.25. The number of hydrogen-bond acceptors (Lipinski definition) is 3. The van der Waals surface area contributed by atoms with E-state index in [9.17, 15) is 4.79 Å². The van der Waals surface area contributed by atoms with Gasteiger partial charge in [0.15, 0.2) is 5.78 Å². The number of carbonyl (C=O) groups is 1. The summed E-state index contributed by atoms with van der Waals surface area (Å²) < 4.78 is 0. The van der Waals surface area contributed by atoms with Gasteiger partial charge in [-0.3, -0.25) is 4.79 Å². The van der Waals surface area contributed by atoms with Crippen molar-refractivity contribution in [2.45, 2.75) is 25.9 Å². The number of benzene rings is 2. The maximum absolute atomic E-state index is 12.4. The molecule has 2 rings (SSSR count). The highest BCUT2D eigenvalue weighted by molar-refractivity contribution is 6.30. The minimum absolute atomic E-state index is 0.0893. The summed E-state index contributed by atoms with van der Waals surface area (Å²) in [6.07, 6.45) is 0.733. The zero-order chi connectivity index (χ0) is 15.2. The van der Waals surface area contributed by atoms with Crippen molar-refractivity contribution in [1.82, 2.24) is 5.32 Å². The quantitative estimate of drug-likeness (QED) is 0.632. The summed E-state index contributed by atoms with van der Waals surface area (Å²) in [6.45, 7) is 2.63. The number of anilines is 1. The van der Waals surface area contributed by atoms with Gasteiger partial charge in [-0.2, -0.15) is 0 Å². The summed E-state index contributed by atoms with van der Waals surface area (Å²) in [7, 11) is 0. The molecule has 4 heteroatoms. The zero-order valence-corrected chi connectivity index (χ0v) is 12.7. The lowest BCUT2D eigenvalue weighted by atomic mass is 10.0. The number of nitrogen functional groups attached to an aromatic ring is 1. The third-order valence-corrected chi connectivity index (χ3v) is 3.64. The Hall–Kier alpha value is -1.84. The van der Waals surface area contributed by atoms with Crippen molar-refractivity contribution in [2.24, 2.45) is 0 Å². The number of carbonyl (C=O) groups excluding carboxylic acids is 1. The number of halogens is 1. The van der Waals surface area contributed by atoms with Crippen LogP contribution in [0.5, 0.6) is 0 Å². The van der Waals surface area contributed by atoms with E-state index in [2.05, 4.69) is 5.32 Å². The Balaban J connectivity index is 2.00. The molecule has 0 aromatic heterocycles. The summed E-state index contributed by atoms with van der Waals surface area (Å²) in [6, 6.07) is 14.4. The van der Waals surface area contributed by atoms with E-state index in [4.69, 9.17) is 17.3 Å². The van der Waals surface area contributed by atoms with Gasteiger partial charge in [-0.15, -0.1) is 0 Å². The number of Topliss-reactive ketones (excluding diaryl/α,β-unsaturated/α-hetero) is 1. The Kier molecular flexibility index (Phi) is 5.37. The van der Waals surface area contributed by atoms with Gasteiger partial charge >= 0.3 is 0 Å². The molecular weight excluding hydrogens is 284 g/mol. The molecule has 110 valence electrons. The molecule has 2 aromatic rings. The number of nitrogens with one attached hydrogen (secondary N) is 1. The van der Waals surface area contributed by atoms with E-state index in [1.807, 2.05) is 31.2 Å². The van der Waals surface area contributed by atoms with E-state index in [0.29, 0.717) is 22.8 Å². The smallest absolute Gasteiger partial charge is 0.179 e. The fraction of sp³-hybridized carbons (Fsp3) is 0.235. The van der Waals surface area contributed by atoms with Crippen molar-refractivity contribution < 1.29 is 4.79 Å². The normalized spacial score (nSPS) is 12.1. The molecule has 0 saturated carbocycles. The second-order valence-corrected chi connectivity index (χ2v) is 5.39. The maximum Gasteiger partial charge on any atom is 0.179 e. The number of ketones is 1. The third-order valence-electron chi connectivity index (χ3n) is 3.39. The lowest BCUT2D eigenvalue weighted by molar-refractivity contribution is 0.0939. The summed E-state index contributed by atoms with van der Waals surface area (Å²) in [4.78, 5) is 12.4. The fourth-order valence-electron chi connectivity index (χ4n) is 2.11. The van der Waals surface area contributed by atoms with Crippen molar-refractivity contribution in [3.05, 3.63) is 64.7 Å². The van der Waals surface area contributed by atoms with Crippen LogP contribution in [-0.2, 0) is 6.54 Å². The van der Waals surface area contributed by atoms with Gasteiger partial charge in [-0.1, -0.05) is 30.7 Å².